The van der Waals surface area contributed by atoms with Gasteiger partial charge in [-0.3, -0.25) is 9.89 Å². The molecule has 1 aromatic heterocycles. The fourth-order valence-electron chi connectivity index (χ4n) is 3.42. The van der Waals surface area contributed by atoms with Gasteiger partial charge in [0.05, 0.1) is 6.54 Å². The van der Waals surface area contributed by atoms with Crippen molar-refractivity contribution >= 4 is 5.96 Å². The van der Waals surface area contributed by atoms with Gasteiger partial charge in [0.15, 0.2) is 11.8 Å². The van der Waals surface area contributed by atoms with E-state index in [1.165, 1.54) is 11.1 Å². The number of hydrogen-bond acceptors (Lipinski definition) is 4. The van der Waals surface area contributed by atoms with Gasteiger partial charge >= 0.3 is 0 Å². The lowest BCUT2D eigenvalue weighted by Gasteiger charge is -2.33. The number of rotatable bonds is 5. The van der Waals surface area contributed by atoms with Crippen LogP contribution in [0.3, 0.4) is 0 Å². The minimum Gasteiger partial charge on any atom is -0.354 e. The standard InChI is InChI=1S/C20H31N7/c1-15-7-5-6-8-17(15)14-27-11-9-18(10-12-27)23-20(21-3)22-13-19-25-24-16(2)26(19)4/h5-8,18H,9-14H2,1-4H3,(H2,21,22,23). The number of guanidine groups is 1. The van der Waals surface area contributed by atoms with Crippen molar-refractivity contribution in [2.24, 2.45) is 12.0 Å². The Hall–Kier alpha value is -2.41. The first-order chi connectivity index (χ1) is 13.1. The summed E-state index contributed by atoms with van der Waals surface area (Å²) in [7, 11) is 3.79. The number of nitrogens with one attached hydrogen (secondary N) is 2. The predicted molar refractivity (Wildman–Crippen MR) is 109 cm³/mol. The van der Waals surface area contributed by atoms with E-state index in [0.29, 0.717) is 12.6 Å². The van der Waals surface area contributed by atoms with E-state index < -0.39 is 0 Å². The van der Waals surface area contributed by atoms with Crippen molar-refractivity contribution in [1.29, 1.82) is 0 Å². The number of hydrogen-bond donors (Lipinski definition) is 2. The molecule has 2 heterocycles. The number of aryl methyl sites for hydroxylation is 2. The Morgan fingerprint density at radius 2 is 1.93 bits per heavy atom. The Labute approximate surface area is 161 Å². The maximum absolute atomic E-state index is 4.36. The van der Waals surface area contributed by atoms with E-state index in [1.54, 1.807) is 0 Å². The number of likely N-dealkylation sites (tertiary alicyclic amines) is 1. The van der Waals surface area contributed by atoms with Gasteiger partial charge < -0.3 is 15.2 Å². The van der Waals surface area contributed by atoms with Gasteiger partial charge in [0.2, 0.25) is 0 Å². The van der Waals surface area contributed by atoms with E-state index in [2.05, 4.69) is 61.9 Å². The molecule has 1 aromatic carbocycles. The Kier molecular flexibility index (Phi) is 6.45. The van der Waals surface area contributed by atoms with Crippen LogP contribution in [0, 0.1) is 13.8 Å². The zero-order chi connectivity index (χ0) is 19.2. The van der Waals surface area contributed by atoms with Crippen LogP contribution in [-0.4, -0.2) is 51.8 Å². The molecular formula is C20H31N7. The second kappa shape index (κ2) is 8.99. The maximum atomic E-state index is 4.36. The van der Waals surface area contributed by atoms with Crippen molar-refractivity contribution < 1.29 is 0 Å². The molecular weight excluding hydrogens is 338 g/mol. The van der Waals surface area contributed by atoms with Crippen LogP contribution in [0.5, 0.6) is 0 Å². The topological polar surface area (TPSA) is 70.4 Å². The van der Waals surface area contributed by atoms with Gasteiger partial charge in [-0.25, -0.2) is 0 Å². The van der Waals surface area contributed by atoms with Crippen molar-refractivity contribution in [2.45, 2.75) is 45.8 Å². The third kappa shape index (κ3) is 5.07. The van der Waals surface area contributed by atoms with E-state index in [-0.39, 0.29) is 0 Å². The lowest BCUT2D eigenvalue weighted by atomic mass is 10.0. The van der Waals surface area contributed by atoms with E-state index in [9.17, 15) is 0 Å². The second-order valence-corrected chi connectivity index (χ2v) is 7.27. The van der Waals surface area contributed by atoms with Gasteiger partial charge in [-0.1, -0.05) is 24.3 Å². The average Bonchev–Trinajstić information content (AvgIpc) is 3.00. The smallest absolute Gasteiger partial charge is 0.191 e. The highest BCUT2D eigenvalue weighted by atomic mass is 15.3. The van der Waals surface area contributed by atoms with Gasteiger partial charge in [-0.2, -0.15) is 0 Å². The van der Waals surface area contributed by atoms with Gasteiger partial charge in [0, 0.05) is 39.8 Å². The minimum atomic E-state index is 0.450. The fraction of sp³-hybridized carbons (Fsp3) is 0.550. The zero-order valence-electron chi connectivity index (χ0n) is 16.9. The Balaban J connectivity index is 1.45. The summed E-state index contributed by atoms with van der Waals surface area (Å²) >= 11 is 0. The lowest BCUT2D eigenvalue weighted by Crippen LogP contribution is -2.48. The van der Waals surface area contributed by atoms with E-state index in [1.807, 2.05) is 25.6 Å². The highest BCUT2D eigenvalue weighted by Crippen LogP contribution is 2.16. The average molecular weight is 370 g/mol. The monoisotopic (exact) mass is 369 g/mol. The van der Waals surface area contributed by atoms with Crippen molar-refractivity contribution in [3.8, 4) is 0 Å². The highest BCUT2D eigenvalue weighted by Gasteiger charge is 2.20. The van der Waals surface area contributed by atoms with E-state index >= 15 is 0 Å². The van der Waals surface area contributed by atoms with Crippen molar-refractivity contribution in [2.75, 3.05) is 20.1 Å². The molecule has 0 bridgehead atoms. The van der Waals surface area contributed by atoms with E-state index in [4.69, 9.17) is 0 Å². The van der Waals surface area contributed by atoms with Crippen LogP contribution < -0.4 is 10.6 Å². The molecule has 1 fully saturated rings. The van der Waals surface area contributed by atoms with Gasteiger partial charge in [-0.05, 0) is 37.8 Å². The first kappa shape index (κ1) is 19.4. The molecule has 7 nitrogen and oxygen atoms in total. The molecule has 146 valence electrons. The van der Waals surface area contributed by atoms with Crippen molar-refractivity contribution in [3.63, 3.8) is 0 Å². The molecule has 0 unspecified atom stereocenters. The Bertz CT molecular complexity index is 772. The SMILES string of the molecule is CN=C(NCc1nnc(C)n1C)NC1CCN(Cc2ccccc2C)CC1. The Morgan fingerprint density at radius 3 is 2.56 bits per heavy atom. The van der Waals surface area contributed by atoms with Crippen LogP contribution in [0.2, 0.25) is 0 Å². The molecule has 1 aliphatic rings. The first-order valence-electron chi connectivity index (χ1n) is 9.65. The van der Waals surface area contributed by atoms with Crippen molar-refractivity contribution in [1.82, 2.24) is 30.3 Å². The molecule has 0 atom stereocenters. The minimum absolute atomic E-state index is 0.450. The van der Waals surface area contributed by atoms with Crippen LogP contribution in [0.4, 0.5) is 0 Å². The summed E-state index contributed by atoms with van der Waals surface area (Å²) in [5.41, 5.74) is 2.81. The maximum Gasteiger partial charge on any atom is 0.191 e. The lowest BCUT2D eigenvalue weighted by molar-refractivity contribution is 0.198. The number of aromatic nitrogens is 3. The zero-order valence-corrected chi connectivity index (χ0v) is 16.9. The van der Waals surface area contributed by atoms with Gasteiger partial charge in [0.25, 0.3) is 0 Å². The van der Waals surface area contributed by atoms with Crippen LogP contribution >= 0.6 is 0 Å². The molecule has 0 spiro atoms. The summed E-state index contributed by atoms with van der Waals surface area (Å²) in [5, 5.41) is 15.2. The summed E-state index contributed by atoms with van der Waals surface area (Å²) in [4.78, 5) is 6.90. The molecule has 0 radical (unpaired) electrons. The summed E-state index contributed by atoms with van der Waals surface area (Å²) in [6, 6.07) is 9.11. The number of aliphatic imine (C=N–C) groups is 1. The van der Waals surface area contributed by atoms with Gasteiger partial charge in [0.1, 0.15) is 5.82 Å². The predicted octanol–water partition coefficient (Wildman–Crippen LogP) is 1.76. The van der Waals surface area contributed by atoms with Gasteiger partial charge in [-0.15, -0.1) is 10.2 Å². The molecule has 2 N–H and O–H groups in total. The largest absolute Gasteiger partial charge is 0.354 e. The van der Waals surface area contributed by atoms with Crippen LogP contribution in [0.25, 0.3) is 0 Å². The van der Waals surface area contributed by atoms with Crippen LogP contribution in [0.15, 0.2) is 29.3 Å². The fourth-order valence-corrected chi connectivity index (χ4v) is 3.42. The summed E-state index contributed by atoms with van der Waals surface area (Å²) < 4.78 is 1.99. The molecule has 27 heavy (non-hydrogen) atoms. The quantitative estimate of drug-likeness (QED) is 0.621. The molecule has 0 saturated carbocycles. The Morgan fingerprint density at radius 1 is 1.19 bits per heavy atom. The number of nitrogens with zero attached hydrogens (tertiary/aromatic N) is 5. The normalized spacial score (nSPS) is 16.5. The summed E-state index contributed by atoms with van der Waals surface area (Å²) in [6.45, 7) is 8.00. The van der Waals surface area contributed by atoms with Crippen LogP contribution in [-0.2, 0) is 20.1 Å². The van der Waals surface area contributed by atoms with E-state index in [0.717, 1.165) is 50.1 Å². The van der Waals surface area contributed by atoms with Crippen LogP contribution in [0.1, 0.15) is 35.6 Å². The molecule has 1 saturated heterocycles. The third-order valence-corrected chi connectivity index (χ3v) is 5.40. The third-order valence-electron chi connectivity index (χ3n) is 5.40. The number of piperidine rings is 1. The first-order valence-corrected chi connectivity index (χ1v) is 9.65. The molecule has 7 heteroatoms. The molecule has 0 aliphatic carbocycles. The summed E-state index contributed by atoms with van der Waals surface area (Å²) in [6.07, 6.45) is 2.24. The molecule has 3 rings (SSSR count). The molecule has 1 aliphatic heterocycles. The molecule has 0 amide bonds. The number of benzene rings is 1. The summed E-state index contributed by atoms with van der Waals surface area (Å²) in [5.74, 6) is 2.65. The second-order valence-electron chi connectivity index (χ2n) is 7.27. The van der Waals surface area contributed by atoms with Crippen molar-refractivity contribution in [3.05, 3.63) is 47.0 Å². The molecule has 2 aromatic rings. The highest BCUT2D eigenvalue weighted by molar-refractivity contribution is 5.79.